The van der Waals surface area contributed by atoms with Crippen molar-refractivity contribution in [1.29, 1.82) is 0 Å². The summed E-state index contributed by atoms with van der Waals surface area (Å²) in [6.45, 7) is 3.72. The van der Waals surface area contributed by atoms with Crippen molar-refractivity contribution >= 4 is 15.9 Å². The molecular formula is C19H24N2O4S. The van der Waals surface area contributed by atoms with E-state index < -0.39 is 16.1 Å². The fraction of sp³-hybridized carbons (Fsp3) is 0.316. The lowest BCUT2D eigenvalue weighted by atomic mass is 10.2. The average molecular weight is 376 g/mol. The molecule has 0 heterocycles. The molecule has 0 aliphatic heterocycles. The van der Waals surface area contributed by atoms with E-state index in [4.69, 9.17) is 4.74 Å². The van der Waals surface area contributed by atoms with E-state index >= 15 is 0 Å². The second kappa shape index (κ2) is 8.33. The molecule has 1 atom stereocenters. The molecule has 7 heteroatoms. The van der Waals surface area contributed by atoms with Gasteiger partial charge in [-0.2, -0.15) is 0 Å². The van der Waals surface area contributed by atoms with Crippen LogP contribution in [0.25, 0.3) is 0 Å². The molecule has 0 aliphatic carbocycles. The Morgan fingerprint density at radius 1 is 1.12 bits per heavy atom. The lowest BCUT2D eigenvalue weighted by molar-refractivity contribution is -0.127. The van der Waals surface area contributed by atoms with Crippen LogP contribution < -0.4 is 10.1 Å². The van der Waals surface area contributed by atoms with Crippen molar-refractivity contribution in [3.05, 3.63) is 59.7 Å². The molecule has 0 saturated heterocycles. The van der Waals surface area contributed by atoms with Gasteiger partial charge in [-0.3, -0.25) is 4.79 Å². The lowest BCUT2D eigenvalue weighted by Crippen LogP contribution is -2.36. The third-order valence-corrected chi connectivity index (χ3v) is 5.80. The van der Waals surface area contributed by atoms with Gasteiger partial charge >= 0.3 is 0 Å². The number of hydrogen-bond donors (Lipinski definition) is 1. The molecule has 26 heavy (non-hydrogen) atoms. The van der Waals surface area contributed by atoms with Crippen LogP contribution in [0.5, 0.6) is 5.75 Å². The van der Waals surface area contributed by atoms with E-state index in [1.807, 2.05) is 19.1 Å². The number of sulfonamides is 1. The van der Waals surface area contributed by atoms with E-state index in [-0.39, 0.29) is 17.3 Å². The molecule has 0 fully saturated rings. The Kier molecular flexibility index (Phi) is 6.39. The van der Waals surface area contributed by atoms with Crippen LogP contribution >= 0.6 is 0 Å². The molecule has 0 radical (unpaired) electrons. The number of rotatable bonds is 7. The number of nitrogens with one attached hydrogen (secondary N) is 1. The summed E-state index contributed by atoms with van der Waals surface area (Å²) < 4.78 is 31.5. The minimum atomic E-state index is -3.58. The van der Waals surface area contributed by atoms with Crippen LogP contribution in [-0.2, 0) is 21.4 Å². The van der Waals surface area contributed by atoms with Crippen molar-refractivity contribution in [1.82, 2.24) is 9.62 Å². The highest BCUT2D eigenvalue weighted by atomic mass is 32.2. The number of carbonyl (C=O) groups is 1. The van der Waals surface area contributed by atoms with E-state index in [1.54, 1.807) is 37.3 Å². The monoisotopic (exact) mass is 376 g/mol. The molecule has 6 nitrogen and oxygen atoms in total. The molecule has 2 aromatic rings. The number of benzene rings is 2. The third kappa shape index (κ3) is 4.83. The molecule has 1 amide bonds. The maximum absolute atomic E-state index is 12.4. The zero-order valence-electron chi connectivity index (χ0n) is 15.4. The number of aryl methyl sites for hydroxylation is 1. The van der Waals surface area contributed by atoms with Gasteiger partial charge in [0.25, 0.3) is 5.91 Å². The number of amides is 1. The Morgan fingerprint density at radius 2 is 1.73 bits per heavy atom. The van der Waals surface area contributed by atoms with E-state index in [1.165, 1.54) is 20.2 Å². The zero-order valence-corrected chi connectivity index (χ0v) is 16.2. The molecule has 1 unspecified atom stereocenters. The van der Waals surface area contributed by atoms with Gasteiger partial charge in [-0.15, -0.1) is 0 Å². The predicted molar refractivity (Wildman–Crippen MR) is 100 cm³/mol. The topological polar surface area (TPSA) is 75.7 Å². The summed E-state index contributed by atoms with van der Waals surface area (Å²) in [4.78, 5) is 12.5. The minimum absolute atomic E-state index is 0.101. The smallest absolute Gasteiger partial charge is 0.261 e. The Hall–Kier alpha value is -2.38. The van der Waals surface area contributed by atoms with E-state index in [9.17, 15) is 13.2 Å². The molecule has 140 valence electrons. The van der Waals surface area contributed by atoms with E-state index in [2.05, 4.69) is 5.32 Å². The normalized spacial score (nSPS) is 12.7. The summed E-state index contributed by atoms with van der Waals surface area (Å²) in [6, 6.07) is 14.0. The largest absolute Gasteiger partial charge is 0.481 e. The second-order valence-electron chi connectivity index (χ2n) is 6.19. The molecule has 2 rings (SSSR count). The maximum atomic E-state index is 12.4. The van der Waals surface area contributed by atoms with Gasteiger partial charge in [-0.25, -0.2) is 12.7 Å². The van der Waals surface area contributed by atoms with Gasteiger partial charge < -0.3 is 10.1 Å². The first kappa shape index (κ1) is 19.9. The third-order valence-electron chi connectivity index (χ3n) is 3.89. The molecule has 0 aromatic heterocycles. The quantitative estimate of drug-likeness (QED) is 0.805. The number of nitrogens with zero attached hydrogens (tertiary/aromatic N) is 1. The van der Waals surface area contributed by atoms with Gasteiger partial charge in [0.05, 0.1) is 4.90 Å². The standard InChI is InChI=1S/C19H24N2O4S/c1-14-9-11-17(12-10-14)25-15(2)19(22)20-13-16-7-5-6-8-18(16)26(23,24)21(3)4/h5-12,15H,13H2,1-4H3,(H,20,22). The Bertz CT molecular complexity index is 861. The van der Waals surface area contributed by atoms with Crippen LogP contribution in [0, 0.1) is 6.92 Å². The van der Waals surface area contributed by atoms with Crippen molar-refractivity contribution in [2.75, 3.05) is 14.1 Å². The van der Waals surface area contributed by atoms with Crippen LogP contribution in [0.15, 0.2) is 53.4 Å². The number of carbonyl (C=O) groups excluding carboxylic acids is 1. The van der Waals surface area contributed by atoms with Crippen molar-refractivity contribution in [2.24, 2.45) is 0 Å². The first-order chi connectivity index (χ1) is 12.2. The SMILES string of the molecule is Cc1ccc(OC(C)C(=O)NCc2ccccc2S(=O)(=O)N(C)C)cc1. The van der Waals surface area contributed by atoms with Crippen LogP contribution in [0.2, 0.25) is 0 Å². The highest BCUT2D eigenvalue weighted by molar-refractivity contribution is 7.89. The van der Waals surface area contributed by atoms with Crippen LogP contribution in [-0.4, -0.2) is 38.8 Å². The molecule has 1 N–H and O–H groups in total. The summed E-state index contributed by atoms with van der Waals surface area (Å²) in [5.74, 6) is 0.288. The van der Waals surface area contributed by atoms with Crippen molar-refractivity contribution in [3.8, 4) is 5.75 Å². The van der Waals surface area contributed by atoms with Crippen LogP contribution in [0.3, 0.4) is 0 Å². The molecule has 0 aliphatic rings. The van der Waals surface area contributed by atoms with Gasteiger partial charge in [0.1, 0.15) is 5.75 Å². The van der Waals surface area contributed by atoms with E-state index in [0.29, 0.717) is 11.3 Å². The van der Waals surface area contributed by atoms with E-state index in [0.717, 1.165) is 9.87 Å². The fourth-order valence-electron chi connectivity index (χ4n) is 2.30. The summed E-state index contributed by atoms with van der Waals surface area (Å²) in [5, 5.41) is 2.73. The predicted octanol–water partition coefficient (Wildman–Crippen LogP) is 2.33. The van der Waals surface area contributed by atoms with Gasteiger partial charge in [0.2, 0.25) is 10.0 Å². The van der Waals surface area contributed by atoms with Crippen LogP contribution in [0.1, 0.15) is 18.1 Å². The number of hydrogen-bond acceptors (Lipinski definition) is 4. The van der Waals surface area contributed by atoms with Gasteiger partial charge in [-0.1, -0.05) is 35.9 Å². The Morgan fingerprint density at radius 3 is 2.35 bits per heavy atom. The highest BCUT2D eigenvalue weighted by Crippen LogP contribution is 2.18. The zero-order chi connectivity index (χ0) is 19.3. The number of ether oxygens (including phenoxy) is 1. The summed E-state index contributed by atoms with van der Waals surface area (Å²) >= 11 is 0. The molecular weight excluding hydrogens is 352 g/mol. The van der Waals surface area contributed by atoms with Crippen molar-refractivity contribution in [2.45, 2.75) is 31.4 Å². The van der Waals surface area contributed by atoms with Crippen molar-refractivity contribution in [3.63, 3.8) is 0 Å². The lowest BCUT2D eigenvalue weighted by Gasteiger charge is -2.17. The Balaban J connectivity index is 2.04. The van der Waals surface area contributed by atoms with Gasteiger partial charge in [0.15, 0.2) is 6.10 Å². The second-order valence-corrected chi connectivity index (χ2v) is 8.31. The fourth-order valence-corrected chi connectivity index (χ4v) is 3.41. The first-order valence-corrected chi connectivity index (χ1v) is 9.67. The Labute approximate surface area is 154 Å². The maximum Gasteiger partial charge on any atom is 0.261 e. The summed E-state index contributed by atoms with van der Waals surface area (Å²) in [7, 11) is -0.629. The molecule has 2 aromatic carbocycles. The molecule has 0 bridgehead atoms. The van der Waals surface area contributed by atoms with Gasteiger partial charge in [0, 0.05) is 20.6 Å². The molecule has 0 saturated carbocycles. The molecule has 0 spiro atoms. The summed E-state index contributed by atoms with van der Waals surface area (Å²) in [6.07, 6.45) is -0.699. The van der Waals surface area contributed by atoms with Gasteiger partial charge in [-0.05, 0) is 37.6 Å². The minimum Gasteiger partial charge on any atom is -0.481 e. The van der Waals surface area contributed by atoms with Crippen molar-refractivity contribution < 1.29 is 17.9 Å². The highest BCUT2D eigenvalue weighted by Gasteiger charge is 2.21. The first-order valence-electron chi connectivity index (χ1n) is 8.23. The van der Waals surface area contributed by atoms with Crippen LogP contribution in [0.4, 0.5) is 0 Å². The summed E-state index contributed by atoms with van der Waals surface area (Å²) in [5.41, 5.74) is 1.63. The average Bonchev–Trinajstić information content (AvgIpc) is 2.61.